The molecule has 1 aromatic heterocycles. The molecule has 2 N–H and O–H groups in total. The van der Waals surface area contributed by atoms with Crippen molar-refractivity contribution in [2.24, 2.45) is 0 Å². The number of hydrogen-bond acceptors (Lipinski definition) is 7. The number of piperidine rings is 1. The number of hydrogen-bond donors (Lipinski definition) is 2. The monoisotopic (exact) mass is 578 g/mol. The van der Waals surface area contributed by atoms with Gasteiger partial charge in [-0.05, 0) is 73.8 Å². The maximum absolute atomic E-state index is 6.35. The lowest BCUT2D eigenvalue weighted by Gasteiger charge is -2.36. The van der Waals surface area contributed by atoms with Gasteiger partial charge in [0, 0.05) is 34.5 Å². The highest BCUT2D eigenvalue weighted by Crippen LogP contribution is 2.34. The first-order valence-corrected chi connectivity index (χ1v) is 12.3. The number of halogens is 2. The van der Waals surface area contributed by atoms with Crippen molar-refractivity contribution in [2.45, 2.75) is 18.9 Å². The molecule has 1 aliphatic rings. The van der Waals surface area contributed by atoms with Gasteiger partial charge in [0.1, 0.15) is 10.8 Å². The van der Waals surface area contributed by atoms with E-state index in [0.717, 1.165) is 52.3 Å². The summed E-state index contributed by atoms with van der Waals surface area (Å²) in [6, 6.07) is 14.8. The molecule has 1 saturated heterocycles. The van der Waals surface area contributed by atoms with Crippen LogP contribution in [0.1, 0.15) is 12.8 Å². The van der Waals surface area contributed by atoms with Gasteiger partial charge in [0.2, 0.25) is 5.95 Å². The molecule has 0 radical (unpaired) electrons. The maximum Gasteiger partial charge on any atom is 0.229 e. The van der Waals surface area contributed by atoms with Crippen molar-refractivity contribution in [3.63, 3.8) is 0 Å². The maximum atomic E-state index is 6.35. The topological polar surface area (TPSA) is 65.6 Å². The summed E-state index contributed by atoms with van der Waals surface area (Å²) in [5.41, 5.74) is 2.89. The number of methoxy groups -OCH3 is 1. The van der Waals surface area contributed by atoms with E-state index in [2.05, 4.69) is 79.2 Å². The number of aromatic nitrogens is 2. The average Bonchev–Trinajstić information content (AvgIpc) is 2.83. The van der Waals surface area contributed by atoms with E-state index in [1.807, 2.05) is 30.3 Å². The molecule has 2 heterocycles. The zero-order chi connectivity index (χ0) is 23.4. The van der Waals surface area contributed by atoms with Gasteiger partial charge in [-0.15, -0.1) is 0 Å². The zero-order valence-electron chi connectivity index (χ0n) is 19.0. The second kappa shape index (κ2) is 10.8. The molecule has 33 heavy (non-hydrogen) atoms. The Labute approximate surface area is 213 Å². The van der Waals surface area contributed by atoms with Crippen LogP contribution in [-0.4, -0.2) is 55.2 Å². The zero-order valence-corrected chi connectivity index (χ0v) is 21.9. The SMILES string of the molecule is COc1cc(N2CCC(N(C)C)CC2)ccc1Nc1ncc(Cl)c(Nc2ccccc2I)n1. The van der Waals surface area contributed by atoms with Gasteiger partial charge in [-0.25, -0.2) is 4.98 Å². The van der Waals surface area contributed by atoms with Gasteiger partial charge < -0.3 is 25.2 Å². The van der Waals surface area contributed by atoms with Crippen LogP contribution < -0.4 is 20.3 Å². The van der Waals surface area contributed by atoms with Gasteiger partial charge in [0.15, 0.2) is 5.82 Å². The van der Waals surface area contributed by atoms with Crippen molar-refractivity contribution < 1.29 is 4.74 Å². The van der Waals surface area contributed by atoms with Gasteiger partial charge in [-0.3, -0.25) is 0 Å². The molecule has 0 aliphatic carbocycles. The van der Waals surface area contributed by atoms with E-state index in [1.54, 1.807) is 13.3 Å². The highest BCUT2D eigenvalue weighted by molar-refractivity contribution is 14.1. The summed E-state index contributed by atoms with van der Waals surface area (Å²) in [7, 11) is 5.99. The predicted molar refractivity (Wildman–Crippen MR) is 145 cm³/mol. The lowest BCUT2D eigenvalue weighted by molar-refractivity contribution is 0.249. The first kappa shape index (κ1) is 23.8. The number of para-hydroxylation sites is 1. The number of benzene rings is 2. The minimum atomic E-state index is 0.436. The molecule has 0 amide bonds. The number of nitrogens with zero attached hydrogens (tertiary/aromatic N) is 4. The summed E-state index contributed by atoms with van der Waals surface area (Å²) in [6.45, 7) is 2.07. The number of ether oxygens (including phenoxy) is 1. The van der Waals surface area contributed by atoms with Crippen molar-refractivity contribution in [2.75, 3.05) is 49.8 Å². The average molecular weight is 579 g/mol. The summed E-state index contributed by atoms with van der Waals surface area (Å²) < 4.78 is 6.75. The van der Waals surface area contributed by atoms with E-state index in [0.29, 0.717) is 22.8 Å². The molecule has 1 fully saturated rings. The molecule has 4 rings (SSSR count). The van der Waals surface area contributed by atoms with Crippen LogP contribution in [0.25, 0.3) is 0 Å². The Balaban J connectivity index is 1.50. The number of anilines is 5. The molecule has 7 nitrogen and oxygen atoms in total. The third-order valence-electron chi connectivity index (χ3n) is 5.86. The Kier molecular flexibility index (Phi) is 7.77. The lowest BCUT2D eigenvalue weighted by Crippen LogP contribution is -2.41. The van der Waals surface area contributed by atoms with Crippen LogP contribution in [0.3, 0.4) is 0 Å². The fraction of sp³-hybridized carbons (Fsp3) is 0.333. The van der Waals surface area contributed by atoms with Gasteiger partial charge >= 0.3 is 0 Å². The number of rotatable bonds is 7. The van der Waals surface area contributed by atoms with Crippen molar-refractivity contribution in [1.82, 2.24) is 14.9 Å². The molecule has 9 heteroatoms. The second-order valence-electron chi connectivity index (χ2n) is 8.19. The Hall–Kier alpha value is -2.30. The predicted octanol–water partition coefficient (Wildman–Crippen LogP) is 5.76. The molecular formula is C24H28ClIN6O. The van der Waals surface area contributed by atoms with E-state index < -0.39 is 0 Å². The number of nitrogens with one attached hydrogen (secondary N) is 2. The van der Waals surface area contributed by atoms with Gasteiger partial charge in [-0.1, -0.05) is 23.7 Å². The molecule has 174 valence electrons. The fourth-order valence-electron chi connectivity index (χ4n) is 3.95. The smallest absolute Gasteiger partial charge is 0.229 e. The van der Waals surface area contributed by atoms with Crippen LogP contribution in [0.5, 0.6) is 5.75 Å². The summed E-state index contributed by atoms with van der Waals surface area (Å²) in [4.78, 5) is 13.7. The van der Waals surface area contributed by atoms with Crippen molar-refractivity contribution in [3.05, 3.63) is 57.3 Å². The molecule has 0 atom stereocenters. The van der Waals surface area contributed by atoms with Gasteiger partial charge in [0.05, 0.1) is 24.7 Å². The van der Waals surface area contributed by atoms with Crippen LogP contribution in [0.15, 0.2) is 48.7 Å². The summed E-state index contributed by atoms with van der Waals surface area (Å²) in [5.74, 6) is 1.72. The third kappa shape index (κ3) is 5.80. The molecule has 0 unspecified atom stereocenters. The highest BCUT2D eigenvalue weighted by atomic mass is 127. The van der Waals surface area contributed by atoms with Crippen LogP contribution >= 0.6 is 34.2 Å². The highest BCUT2D eigenvalue weighted by Gasteiger charge is 2.21. The Bertz CT molecular complexity index is 1100. The molecule has 0 spiro atoms. The van der Waals surface area contributed by atoms with E-state index in [4.69, 9.17) is 16.3 Å². The van der Waals surface area contributed by atoms with E-state index >= 15 is 0 Å². The molecule has 2 aromatic carbocycles. The Morgan fingerprint density at radius 3 is 2.55 bits per heavy atom. The minimum Gasteiger partial charge on any atom is -0.494 e. The summed E-state index contributed by atoms with van der Waals surface area (Å²) >= 11 is 8.62. The first-order chi connectivity index (χ1) is 15.9. The van der Waals surface area contributed by atoms with E-state index in [9.17, 15) is 0 Å². The standard InChI is InChI=1S/C24H28ClIN6O/c1-31(2)16-10-12-32(13-11-16)17-8-9-21(22(14-17)33-3)29-24-27-15-18(25)23(30-24)28-20-7-5-4-6-19(20)26/h4-9,14-16H,10-13H2,1-3H3,(H2,27,28,29,30). The van der Waals surface area contributed by atoms with E-state index in [1.165, 1.54) is 0 Å². The van der Waals surface area contributed by atoms with E-state index in [-0.39, 0.29) is 0 Å². The van der Waals surface area contributed by atoms with Crippen molar-refractivity contribution >= 4 is 63.0 Å². The largest absolute Gasteiger partial charge is 0.494 e. The summed E-state index contributed by atoms with van der Waals surface area (Å²) in [5, 5.41) is 7.01. The molecular weight excluding hydrogens is 551 g/mol. The van der Waals surface area contributed by atoms with Crippen molar-refractivity contribution in [3.8, 4) is 5.75 Å². The van der Waals surface area contributed by atoms with Crippen LogP contribution in [0, 0.1) is 3.57 Å². The Morgan fingerprint density at radius 2 is 1.85 bits per heavy atom. The van der Waals surface area contributed by atoms with Crippen LogP contribution in [-0.2, 0) is 0 Å². The quantitative estimate of drug-likeness (QED) is 0.346. The fourth-order valence-corrected chi connectivity index (χ4v) is 4.61. The second-order valence-corrected chi connectivity index (χ2v) is 9.76. The Morgan fingerprint density at radius 1 is 1.09 bits per heavy atom. The van der Waals surface area contributed by atoms with Crippen molar-refractivity contribution in [1.29, 1.82) is 0 Å². The minimum absolute atomic E-state index is 0.436. The first-order valence-electron chi connectivity index (χ1n) is 10.8. The molecule has 3 aromatic rings. The third-order valence-corrected chi connectivity index (χ3v) is 7.08. The van der Waals surface area contributed by atoms with Gasteiger partial charge in [0.25, 0.3) is 0 Å². The van der Waals surface area contributed by atoms with Crippen LogP contribution in [0.4, 0.5) is 28.8 Å². The van der Waals surface area contributed by atoms with Crippen LogP contribution in [0.2, 0.25) is 5.02 Å². The van der Waals surface area contributed by atoms with Gasteiger partial charge in [-0.2, -0.15) is 4.98 Å². The normalized spacial score (nSPS) is 14.4. The lowest BCUT2D eigenvalue weighted by atomic mass is 10.0. The summed E-state index contributed by atoms with van der Waals surface area (Å²) in [6.07, 6.45) is 3.90. The molecule has 1 aliphatic heterocycles. The molecule has 0 saturated carbocycles. The molecule has 0 bridgehead atoms.